The SMILES string of the molecule is Cc1cc(-c2ncccc2-c2ccc3c(c2)c(N)nn3C)ccc1F. The van der Waals surface area contributed by atoms with Crippen LogP contribution >= 0.6 is 0 Å². The first-order chi connectivity index (χ1) is 12.0. The number of fused-ring (bicyclic) bond motifs is 1. The number of aryl methyl sites for hydroxylation is 2. The number of anilines is 1. The molecule has 4 aromatic rings. The number of rotatable bonds is 2. The number of pyridine rings is 1. The van der Waals surface area contributed by atoms with Crippen molar-refractivity contribution in [3.8, 4) is 22.4 Å². The summed E-state index contributed by atoms with van der Waals surface area (Å²) in [5, 5.41) is 5.17. The zero-order valence-electron chi connectivity index (χ0n) is 14.0. The number of nitrogens with zero attached hydrogens (tertiary/aromatic N) is 3. The van der Waals surface area contributed by atoms with Crippen molar-refractivity contribution in [2.45, 2.75) is 6.92 Å². The van der Waals surface area contributed by atoms with Crippen LogP contribution in [0.15, 0.2) is 54.7 Å². The summed E-state index contributed by atoms with van der Waals surface area (Å²) in [6.45, 7) is 1.75. The first kappa shape index (κ1) is 15.3. The molecule has 0 aliphatic carbocycles. The summed E-state index contributed by atoms with van der Waals surface area (Å²) in [7, 11) is 1.87. The highest BCUT2D eigenvalue weighted by Crippen LogP contribution is 2.33. The Morgan fingerprint density at radius 2 is 1.84 bits per heavy atom. The maximum absolute atomic E-state index is 13.6. The van der Waals surface area contributed by atoms with Crippen LogP contribution in [0.3, 0.4) is 0 Å². The van der Waals surface area contributed by atoms with Crippen molar-refractivity contribution in [2.24, 2.45) is 7.05 Å². The van der Waals surface area contributed by atoms with Gasteiger partial charge in [-0.2, -0.15) is 5.10 Å². The van der Waals surface area contributed by atoms with Gasteiger partial charge in [-0.1, -0.05) is 12.1 Å². The first-order valence-corrected chi connectivity index (χ1v) is 7.99. The van der Waals surface area contributed by atoms with E-state index in [2.05, 4.69) is 10.1 Å². The minimum absolute atomic E-state index is 0.217. The fourth-order valence-electron chi connectivity index (χ4n) is 3.12. The molecule has 0 aliphatic heterocycles. The molecule has 124 valence electrons. The van der Waals surface area contributed by atoms with Gasteiger partial charge in [0.1, 0.15) is 5.82 Å². The van der Waals surface area contributed by atoms with Crippen molar-refractivity contribution in [1.29, 1.82) is 0 Å². The number of hydrogen-bond donors (Lipinski definition) is 1. The largest absolute Gasteiger partial charge is 0.382 e. The second kappa shape index (κ2) is 5.70. The summed E-state index contributed by atoms with van der Waals surface area (Å²) in [6, 6.07) is 15.0. The lowest BCUT2D eigenvalue weighted by Gasteiger charge is -2.10. The molecule has 0 amide bonds. The lowest BCUT2D eigenvalue weighted by molar-refractivity contribution is 0.619. The van der Waals surface area contributed by atoms with Gasteiger partial charge in [0.05, 0.1) is 11.2 Å². The average Bonchev–Trinajstić information content (AvgIpc) is 2.91. The smallest absolute Gasteiger partial charge is 0.153 e. The number of aromatic nitrogens is 3. The predicted octanol–water partition coefficient (Wildman–Crippen LogP) is 4.33. The molecule has 2 heterocycles. The third-order valence-corrected chi connectivity index (χ3v) is 4.43. The van der Waals surface area contributed by atoms with E-state index in [1.54, 1.807) is 23.9 Å². The quantitative estimate of drug-likeness (QED) is 0.594. The summed E-state index contributed by atoms with van der Waals surface area (Å²) in [5.74, 6) is 0.285. The van der Waals surface area contributed by atoms with Gasteiger partial charge >= 0.3 is 0 Å². The average molecular weight is 332 g/mol. The minimum Gasteiger partial charge on any atom is -0.382 e. The lowest BCUT2D eigenvalue weighted by Crippen LogP contribution is -1.92. The number of nitrogen functional groups attached to an aromatic ring is 1. The zero-order chi connectivity index (χ0) is 17.6. The molecule has 0 radical (unpaired) electrons. The zero-order valence-corrected chi connectivity index (χ0v) is 14.0. The monoisotopic (exact) mass is 332 g/mol. The summed E-state index contributed by atoms with van der Waals surface area (Å²) >= 11 is 0. The maximum atomic E-state index is 13.6. The fourth-order valence-corrected chi connectivity index (χ4v) is 3.12. The molecule has 0 saturated heterocycles. The molecule has 0 unspecified atom stereocenters. The normalized spacial score (nSPS) is 11.2. The summed E-state index contributed by atoms with van der Waals surface area (Å²) in [4.78, 5) is 4.53. The van der Waals surface area contributed by atoms with Crippen molar-refractivity contribution < 1.29 is 4.39 Å². The molecule has 2 N–H and O–H groups in total. The van der Waals surface area contributed by atoms with Crippen molar-refractivity contribution in [1.82, 2.24) is 14.8 Å². The Hall–Kier alpha value is -3.21. The van der Waals surface area contributed by atoms with Crippen LogP contribution in [0.2, 0.25) is 0 Å². The van der Waals surface area contributed by atoms with E-state index in [1.165, 1.54) is 6.07 Å². The molecule has 25 heavy (non-hydrogen) atoms. The topological polar surface area (TPSA) is 56.7 Å². The van der Waals surface area contributed by atoms with E-state index in [4.69, 9.17) is 5.73 Å². The van der Waals surface area contributed by atoms with Gasteiger partial charge in [0.25, 0.3) is 0 Å². The van der Waals surface area contributed by atoms with Crippen molar-refractivity contribution in [3.05, 3.63) is 66.1 Å². The number of nitrogens with two attached hydrogens (primary N) is 1. The Kier molecular flexibility index (Phi) is 3.50. The second-order valence-electron chi connectivity index (χ2n) is 6.10. The van der Waals surface area contributed by atoms with E-state index in [0.29, 0.717) is 11.4 Å². The van der Waals surface area contributed by atoms with E-state index in [0.717, 1.165) is 33.3 Å². The van der Waals surface area contributed by atoms with Crippen LogP contribution in [0, 0.1) is 12.7 Å². The molecule has 4 nitrogen and oxygen atoms in total. The molecule has 4 rings (SSSR count). The Bertz CT molecular complexity index is 1100. The van der Waals surface area contributed by atoms with Crippen LogP contribution in [-0.2, 0) is 7.05 Å². The van der Waals surface area contributed by atoms with Gasteiger partial charge in [-0.15, -0.1) is 0 Å². The van der Waals surface area contributed by atoms with Crippen molar-refractivity contribution >= 4 is 16.7 Å². The predicted molar refractivity (Wildman–Crippen MR) is 98.5 cm³/mol. The summed E-state index contributed by atoms with van der Waals surface area (Å²) < 4.78 is 15.4. The van der Waals surface area contributed by atoms with E-state index in [9.17, 15) is 4.39 Å². The highest BCUT2D eigenvalue weighted by atomic mass is 19.1. The van der Waals surface area contributed by atoms with Crippen molar-refractivity contribution in [3.63, 3.8) is 0 Å². The van der Waals surface area contributed by atoms with E-state index in [-0.39, 0.29) is 5.82 Å². The Labute approximate surface area is 144 Å². The summed E-state index contributed by atoms with van der Waals surface area (Å²) in [5.41, 5.74) is 11.3. The van der Waals surface area contributed by atoms with Gasteiger partial charge in [0.15, 0.2) is 5.82 Å². The molecule has 2 aromatic heterocycles. The van der Waals surface area contributed by atoms with Crippen LogP contribution < -0.4 is 5.73 Å². The Morgan fingerprint density at radius 3 is 2.64 bits per heavy atom. The second-order valence-corrected chi connectivity index (χ2v) is 6.10. The van der Waals surface area contributed by atoms with Gasteiger partial charge in [-0.3, -0.25) is 9.67 Å². The molecule has 0 saturated carbocycles. The molecule has 0 bridgehead atoms. The van der Waals surface area contributed by atoms with Crippen LogP contribution in [-0.4, -0.2) is 14.8 Å². The van der Waals surface area contributed by atoms with E-state index in [1.807, 2.05) is 43.4 Å². The molecular weight excluding hydrogens is 315 g/mol. The molecule has 5 heteroatoms. The van der Waals surface area contributed by atoms with Crippen LogP contribution in [0.5, 0.6) is 0 Å². The highest BCUT2D eigenvalue weighted by Gasteiger charge is 2.12. The van der Waals surface area contributed by atoms with Gasteiger partial charge < -0.3 is 5.73 Å². The molecule has 2 aromatic carbocycles. The standard InChI is InChI=1S/C20H17FN4/c1-12-10-14(5-7-17(12)21)19-15(4-3-9-23-19)13-6-8-18-16(11-13)20(22)24-25(18)2/h3-11H,1-2H3,(H2,22,24). The van der Waals surface area contributed by atoms with Gasteiger partial charge in [-0.25, -0.2) is 4.39 Å². The third kappa shape index (κ3) is 2.54. The van der Waals surface area contributed by atoms with Gasteiger partial charge in [-0.05, 0) is 54.4 Å². The lowest BCUT2D eigenvalue weighted by atomic mass is 9.97. The van der Waals surface area contributed by atoms with Crippen LogP contribution in [0.1, 0.15) is 5.56 Å². The van der Waals surface area contributed by atoms with Gasteiger partial charge in [0.2, 0.25) is 0 Å². The Morgan fingerprint density at radius 1 is 1.04 bits per heavy atom. The fraction of sp³-hybridized carbons (Fsp3) is 0.100. The molecule has 0 spiro atoms. The number of hydrogen-bond acceptors (Lipinski definition) is 3. The van der Waals surface area contributed by atoms with Crippen molar-refractivity contribution in [2.75, 3.05) is 5.73 Å². The number of benzene rings is 2. The van der Waals surface area contributed by atoms with E-state index < -0.39 is 0 Å². The third-order valence-electron chi connectivity index (χ3n) is 4.43. The van der Waals surface area contributed by atoms with Crippen LogP contribution in [0.25, 0.3) is 33.3 Å². The number of halogens is 1. The van der Waals surface area contributed by atoms with Gasteiger partial charge in [0, 0.05) is 29.8 Å². The minimum atomic E-state index is -0.217. The first-order valence-electron chi connectivity index (χ1n) is 7.99. The highest BCUT2D eigenvalue weighted by molar-refractivity contribution is 5.94. The molecule has 0 aliphatic rings. The summed E-state index contributed by atoms with van der Waals surface area (Å²) in [6.07, 6.45) is 1.74. The Balaban J connectivity index is 1.92. The molecule has 0 fully saturated rings. The van der Waals surface area contributed by atoms with E-state index >= 15 is 0 Å². The molecular formula is C20H17FN4. The maximum Gasteiger partial charge on any atom is 0.153 e. The molecule has 0 atom stereocenters. The van der Waals surface area contributed by atoms with Crippen LogP contribution in [0.4, 0.5) is 10.2 Å².